The normalized spacial score (nSPS) is 5.68. The first kappa shape index (κ1) is 42.7. The van der Waals surface area contributed by atoms with Crippen LogP contribution in [0.1, 0.15) is 34.6 Å². The average molecular weight is 369 g/mol. The maximum Gasteiger partial charge on any atom is 4.00 e. The van der Waals surface area contributed by atoms with Gasteiger partial charge in [0.05, 0.1) is 0 Å². The topological polar surface area (TPSA) is 237 Å². The molecular weight excluding hydrogens is 350 g/mol. The van der Waals surface area contributed by atoms with E-state index in [0.717, 1.165) is 34.6 Å². The van der Waals surface area contributed by atoms with Crippen LogP contribution >= 0.6 is 0 Å². The van der Waals surface area contributed by atoms with Crippen LogP contribution in [0.25, 0.3) is 0 Å². The molecule has 22 heavy (non-hydrogen) atoms. The molecule has 0 unspecified atom stereocenters. The predicted molar refractivity (Wildman–Crippen MR) is 59.4 cm³/mol. The molecule has 0 amide bonds. The Morgan fingerprint density at radius 3 is 0.455 bits per heavy atom. The fourth-order valence-corrected chi connectivity index (χ4v) is 0. The Morgan fingerprint density at radius 1 is 0.455 bits per heavy atom. The Bertz CT molecular complexity index is 216. The molecule has 0 aromatic carbocycles. The van der Waals surface area contributed by atoms with Crippen LogP contribution in [0.4, 0.5) is 0 Å². The van der Waals surface area contributed by atoms with Crippen LogP contribution in [0, 0.1) is 0 Å². The van der Waals surface area contributed by atoms with E-state index in [4.69, 9.17) is 49.5 Å². The summed E-state index contributed by atoms with van der Waals surface area (Å²) in [6.07, 6.45) is 0. The number of hydrogen-bond acceptors (Lipinski definition) is 10. The van der Waals surface area contributed by atoms with Gasteiger partial charge in [-0.15, -0.1) is 0 Å². The van der Waals surface area contributed by atoms with Crippen LogP contribution in [0.15, 0.2) is 0 Å². The van der Waals surface area contributed by atoms with Crippen molar-refractivity contribution in [1.82, 2.24) is 6.15 Å². The van der Waals surface area contributed by atoms with Gasteiger partial charge in [-0.2, -0.15) is 0 Å². The molecule has 0 bridgehead atoms. The van der Waals surface area contributed by atoms with Gasteiger partial charge in [-0.25, -0.2) is 0 Å². The van der Waals surface area contributed by atoms with Crippen LogP contribution in [0.3, 0.4) is 0 Å². The first-order valence-electron chi connectivity index (χ1n) is 4.54. The Kier molecular flexibility index (Phi) is 70.6. The Hall–Kier alpha value is -2.17. The molecule has 0 aliphatic rings. The first-order valence-corrected chi connectivity index (χ1v) is 4.54. The van der Waals surface area contributed by atoms with Crippen molar-refractivity contribution >= 4 is 29.8 Å². The van der Waals surface area contributed by atoms with Crippen LogP contribution < -0.4 is 31.7 Å². The molecule has 132 valence electrons. The van der Waals surface area contributed by atoms with Gasteiger partial charge in [-0.1, -0.05) is 0 Å². The number of rotatable bonds is 0. The maximum absolute atomic E-state index is 8.89. The third kappa shape index (κ3) is 1070. The zero-order chi connectivity index (χ0) is 17.9. The number of aliphatic carboxylic acids is 5. The summed E-state index contributed by atoms with van der Waals surface area (Å²) in [4.78, 5) is 44.4. The predicted octanol–water partition coefficient (Wildman–Crippen LogP) is -5.85. The van der Waals surface area contributed by atoms with Gasteiger partial charge in [0.15, 0.2) is 0 Å². The molecule has 11 nitrogen and oxygen atoms in total. The maximum atomic E-state index is 8.89. The summed E-state index contributed by atoms with van der Waals surface area (Å²) >= 11 is 0. The molecule has 0 atom stereocenters. The van der Waals surface area contributed by atoms with Crippen molar-refractivity contribution in [3.8, 4) is 0 Å². The molecule has 4 N–H and O–H groups in total. The van der Waals surface area contributed by atoms with Gasteiger partial charge in [-0.3, -0.25) is 0 Å². The molecule has 0 saturated carbocycles. The van der Waals surface area contributed by atoms with Crippen LogP contribution in [0.2, 0.25) is 0 Å². The van der Waals surface area contributed by atoms with Gasteiger partial charge >= 0.3 is 17.1 Å². The van der Waals surface area contributed by atoms with E-state index >= 15 is 0 Å². The van der Waals surface area contributed by atoms with Crippen molar-refractivity contribution in [2.45, 2.75) is 34.6 Å². The van der Waals surface area contributed by atoms with E-state index in [2.05, 4.69) is 0 Å². The second kappa shape index (κ2) is 36.4. The molecule has 0 aromatic rings. The van der Waals surface area contributed by atoms with Crippen LogP contribution in [0.5, 0.6) is 0 Å². The molecule has 0 fully saturated rings. The summed E-state index contributed by atoms with van der Waals surface area (Å²) in [5, 5.41) is 44.4. The van der Waals surface area contributed by atoms with Gasteiger partial charge in [0, 0.05) is 29.8 Å². The number of carboxylic acid groups (broad SMARTS) is 5. The number of carbonyl (C=O) groups is 5. The summed E-state index contributed by atoms with van der Waals surface area (Å²) in [7, 11) is 0. The van der Waals surface area contributed by atoms with E-state index < -0.39 is 29.8 Å². The summed E-state index contributed by atoms with van der Waals surface area (Å²) in [5.41, 5.74) is 0. The molecule has 0 spiro atoms. The third-order valence-electron chi connectivity index (χ3n) is 0. The fourth-order valence-electron chi connectivity index (χ4n) is 0. The monoisotopic (exact) mass is 369 g/mol. The average Bonchev–Trinajstić information content (AvgIpc) is 1.94. The Labute approximate surface area is 138 Å². The van der Waals surface area contributed by atoms with Gasteiger partial charge < -0.3 is 55.7 Å². The van der Waals surface area contributed by atoms with E-state index in [1.54, 1.807) is 0 Å². The molecule has 0 heterocycles. The number of carbonyl (C=O) groups excluding carboxylic acids is 5. The first-order chi connectivity index (χ1) is 8.66. The molecule has 0 rings (SSSR count). The fraction of sp³-hybridized carbons (Fsp3) is 0.500. The second-order valence-corrected chi connectivity index (χ2v) is 2.46. The van der Waals surface area contributed by atoms with E-state index in [0.29, 0.717) is 0 Å². The second-order valence-electron chi connectivity index (χ2n) is 2.46. The van der Waals surface area contributed by atoms with Crippen molar-refractivity contribution < 1.29 is 66.6 Å². The van der Waals surface area contributed by atoms with Gasteiger partial charge in [0.2, 0.25) is 0 Å². The van der Waals surface area contributed by atoms with Crippen LogP contribution in [-0.2, 0) is 41.0 Å². The van der Waals surface area contributed by atoms with Gasteiger partial charge in [-0.05, 0) is 34.6 Å². The van der Waals surface area contributed by atoms with Gasteiger partial charge in [0.25, 0.3) is 0 Å². The summed E-state index contributed by atoms with van der Waals surface area (Å²) in [5.74, 6) is -5.42. The molecule has 12 heteroatoms. The molecule has 0 saturated heterocycles. The summed E-state index contributed by atoms with van der Waals surface area (Å²) in [6.45, 7) is 4.86. The molecule has 0 radical (unpaired) electrons. The number of carboxylic acids is 5. The largest absolute Gasteiger partial charge is 4.00 e. The van der Waals surface area contributed by atoms with E-state index in [1.165, 1.54) is 0 Å². The zero-order valence-electron chi connectivity index (χ0n) is 12.9. The van der Waals surface area contributed by atoms with Crippen molar-refractivity contribution in [3.63, 3.8) is 0 Å². The van der Waals surface area contributed by atoms with Crippen molar-refractivity contribution in [1.29, 1.82) is 0 Å². The van der Waals surface area contributed by atoms with Crippen molar-refractivity contribution in [3.05, 3.63) is 0 Å². The summed E-state index contributed by atoms with van der Waals surface area (Å²) in [6, 6.07) is 0. The van der Waals surface area contributed by atoms with E-state index in [-0.39, 0.29) is 23.2 Å². The number of hydrogen-bond donors (Lipinski definition) is 1. The van der Waals surface area contributed by atoms with E-state index in [1.807, 2.05) is 0 Å². The van der Waals surface area contributed by atoms with Crippen molar-refractivity contribution in [2.75, 3.05) is 0 Å². The zero-order valence-corrected chi connectivity index (χ0v) is 14.0. The Balaban J connectivity index is -0.0000000250. The third-order valence-corrected chi connectivity index (χ3v) is 0. The molecule has 0 aliphatic heterocycles. The minimum Gasteiger partial charge on any atom is -0.550 e. The molecule has 0 aromatic heterocycles. The van der Waals surface area contributed by atoms with Gasteiger partial charge in [0.1, 0.15) is 0 Å². The minimum atomic E-state index is -1.08. The SMILES string of the molecule is CC(=O)[O-].CC(=O)[O-].CC(=O)[O-].CC(=O)[O-].CC(=O)[O-].[Fe+4].[NH4+]. The van der Waals surface area contributed by atoms with Crippen LogP contribution in [-0.4, -0.2) is 29.8 Å². The smallest absolute Gasteiger partial charge is 0.550 e. The quantitative estimate of drug-likeness (QED) is 0.396. The standard InChI is InChI=1S/5C2H4O2.Fe.H3N/c5*1-2(3)4;;/h5*1H3,(H,3,4);;1H3/q;;;;;+4;/p-4. The molecular formula is C10H19FeNO10. The Morgan fingerprint density at radius 2 is 0.455 bits per heavy atom. The molecule has 0 aliphatic carbocycles. The minimum absolute atomic E-state index is 0. The van der Waals surface area contributed by atoms with E-state index in [9.17, 15) is 0 Å². The van der Waals surface area contributed by atoms with Crippen molar-refractivity contribution in [2.24, 2.45) is 0 Å². The summed E-state index contributed by atoms with van der Waals surface area (Å²) < 4.78 is 0. The number of quaternary nitrogens is 1.